The lowest BCUT2D eigenvalue weighted by Gasteiger charge is -2.35. The molecule has 1 aromatic carbocycles. The monoisotopic (exact) mass is 309 g/mol. The Morgan fingerprint density at radius 3 is 2.90 bits per heavy atom. The molecule has 2 heterocycles. The Balaban J connectivity index is 2.09. The van der Waals surface area contributed by atoms with Crippen LogP contribution in [0.15, 0.2) is 29.3 Å². The predicted molar refractivity (Wildman–Crippen MR) is 81.5 cm³/mol. The number of ether oxygens (including phenoxy) is 1. The summed E-state index contributed by atoms with van der Waals surface area (Å²) in [5.41, 5.74) is 7.09. The van der Waals surface area contributed by atoms with Crippen molar-refractivity contribution < 1.29 is 13.2 Å². The number of nitrogens with two attached hydrogens (primary N) is 1. The number of anilines is 1. The Bertz CT molecular complexity index is 769. The Morgan fingerprint density at radius 2 is 2.14 bits per heavy atom. The van der Waals surface area contributed by atoms with Gasteiger partial charge in [0.15, 0.2) is 0 Å². The number of fused-ring (bicyclic) bond motifs is 1. The summed E-state index contributed by atoms with van der Waals surface area (Å²) in [5, 5.41) is 0.626. The third-order valence-electron chi connectivity index (χ3n) is 3.81. The molecular weight excluding hydrogens is 290 g/mol. The van der Waals surface area contributed by atoms with Gasteiger partial charge in [-0.25, -0.2) is 8.42 Å². The van der Waals surface area contributed by atoms with Crippen LogP contribution in [0, 0.1) is 0 Å². The number of hydrogen-bond acceptors (Lipinski definition) is 4. The quantitative estimate of drug-likeness (QED) is 0.824. The standard InChI is InChI=1S/C14H19N3O3S/c1-9-8-20-10(2)7-17(9)21(18,19)14-6-16-13-4-3-11(15)5-12(13)14/h3-6,9-10,16H,7-8,15H2,1-2H3. The summed E-state index contributed by atoms with van der Waals surface area (Å²) in [4.78, 5) is 3.26. The molecule has 2 unspecified atom stereocenters. The number of hydrogen-bond donors (Lipinski definition) is 2. The molecule has 2 atom stereocenters. The van der Waals surface area contributed by atoms with E-state index < -0.39 is 10.0 Å². The molecule has 1 aliphatic heterocycles. The molecule has 1 saturated heterocycles. The van der Waals surface area contributed by atoms with Crippen molar-refractivity contribution >= 4 is 26.6 Å². The highest BCUT2D eigenvalue weighted by molar-refractivity contribution is 7.89. The van der Waals surface area contributed by atoms with Gasteiger partial charge in [0, 0.05) is 35.4 Å². The second-order valence-electron chi connectivity index (χ2n) is 5.53. The predicted octanol–water partition coefficient (Wildman–Crippen LogP) is 1.55. The number of nitrogen functional groups attached to an aromatic ring is 1. The van der Waals surface area contributed by atoms with Gasteiger partial charge in [0.2, 0.25) is 10.0 Å². The first-order valence-corrected chi connectivity index (χ1v) is 8.33. The smallest absolute Gasteiger partial charge is 0.245 e. The van der Waals surface area contributed by atoms with Gasteiger partial charge in [0.25, 0.3) is 0 Å². The van der Waals surface area contributed by atoms with Crippen LogP contribution in [-0.4, -0.2) is 43.0 Å². The van der Waals surface area contributed by atoms with Crippen LogP contribution in [-0.2, 0) is 14.8 Å². The van der Waals surface area contributed by atoms with Gasteiger partial charge in [-0.2, -0.15) is 4.31 Å². The van der Waals surface area contributed by atoms with Crippen LogP contribution in [0.1, 0.15) is 13.8 Å². The van der Waals surface area contributed by atoms with Gasteiger partial charge < -0.3 is 15.5 Å². The van der Waals surface area contributed by atoms with E-state index in [1.54, 1.807) is 18.2 Å². The average Bonchev–Trinajstić information content (AvgIpc) is 2.85. The molecule has 1 aliphatic rings. The SMILES string of the molecule is CC1CN(S(=O)(=O)c2c[nH]c3ccc(N)cc23)C(C)CO1. The fourth-order valence-electron chi connectivity index (χ4n) is 2.66. The Kier molecular flexibility index (Phi) is 3.43. The number of aromatic nitrogens is 1. The molecule has 0 spiro atoms. The van der Waals surface area contributed by atoms with E-state index in [0.717, 1.165) is 5.52 Å². The van der Waals surface area contributed by atoms with Crippen LogP contribution >= 0.6 is 0 Å². The lowest BCUT2D eigenvalue weighted by molar-refractivity contribution is -0.0170. The van der Waals surface area contributed by atoms with Crippen molar-refractivity contribution in [3.8, 4) is 0 Å². The van der Waals surface area contributed by atoms with Crippen LogP contribution in [0.2, 0.25) is 0 Å². The van der Waals surface area contributed by atoms with Crippen molar-refractivity contribution in [2.24, 2.45) is 0 Å². The third-order valence-corrected chi connectivity index (χ3v) is 5.83. The molecule has 21 heavy (non-hydrogen) atoms. The maximum Gasteiger partial charge on any atom is 0.245 e. The molecule has 0 radical (unpaired) electrons. The number of nitrogens with one attached hydrogen (secondary N) is 1. The van der Waals surface area contributed by atoms with E-state index in [1.807, 2.05) is 13.8 Å². The highest BCUT2D eigenvalue weighted by atomic mass is 32.2. The van der Waals surface area contributed by atoms with E-state index >= 15 is 0 Å². The fourth-order valence-corrected chi connectivity index (χ4v) is 4.51. The first-order valence-electron chi connectivity index (χ1n) is 6.89. The van der Waals surface area contributed by atoms with Gasteiger partial charge >= 0.3 is 0 Å². The van der Waals surface area contributed by atoms with Gasteiger partial charge in [-0.1, -0.05) is 0 Å². The minimum absolute atomic E-state index is 0.105. The summed E-state index contributed by atoms with van der Waals surface area (Å²) in [6.07, 6.45) is 1.43. The molecular formula is C14H19N3O3S. The molecule has 0 aliphatic carbocycles. The lowest BCUT2D eigenvalue weighted by atomic mass is 10.2. The van der Waals surface area contributed by atoms with Crippen molar-refractivity contribution in [2.45, 2.75) is 30.9 Å². The molecule has 2 aromatic rings. The summed E-state index contributed by atoms with van der Waals surface area (Å²) in [6.45, 7) is 4.50. The largest absolute Gasteiger partial charge is 0.399 e. The first-order chi connectivity index (χ1) is 9.89. The molecule has 3 rings (SSSR count). The van der Waals surface area contributed by atoms with E-state index in [4.69, 9.17) is 10.5 Å². The molecule has 114 valence electrons. The van der Waals surface area contributed by atoms with E-state index in [1.165, 1.54) is 10.5 Å². The maximum absolute atomic E-state index is 12.9. The minimum atomic E-state index is -3.58. The second kappa shape index (κ2) is 5.01. The third kappa shape index (κ3) is 2.41. The zero-order chi connectivity index (χ0) is 15.2. The van der Waals surface area contributed by atoms with Gasteiger partial charge in [0.05, 0.1) is 12.7 Å². The van der Waals surface area contributed by atoms with Crippen molar-refractivity contribution in [1.29, 1.82) is 0 Å². The zero-order valence-electron chi connectivity index (χ0n) is 12.0. The Labute approximate surface area is 123 Å². The van der Waals surface area contributed by atoms with E-state index in [0.29, 0.717) is 24.2 Å². The first kappa shape index (κ1) is 14.4. The average molecular weight is 309 g/mol. The lowest BCUT2D eigenvalue weighted by Crippen LogP contribution is -2.49. The number of nitrogens with zero attached hydrogens (tertiary/aromatic N) is 1. The van der Waals surface area contributed by atoms with Gasteiger partial charge in [-0.3, -0.25) is 0 Å². The zero-order valence-corrected chi connectivity index (χ0v) is 12.9. The summed E-state index contributed by atoms with van der Waals surface area (Å²) in [6, 6.07) is 5.04. The molecule has 1 aromatic heterocycles. The summed E-state index contributed by atoms with van der Waals surface area (Å²) in [5.74, 6) is 0. The van der Waals surface area contributed by atoms with Crippen molar-refractivity contribution in [3.05, 3.63) is 24.4 Å². The highest BCUT2D eigenvalue weighted by Crippen LogP contribution is 2.29. The number of aromatic amines is 1. The molecule has 1 fully saturated rings. The minimum Gasteiger partial charge on any atom is -0.399 e. The fraction of sp³-hybridized carbons (Fsp3) is 0.429. The highest BCUT2D eigenvalue weighted by Gasteiger charge is 2.35. The number of rotatable bonds is 2. The van der Waals surface area contributed by atoms with Crippen molar-refractivity contribution in [3.63, 3.8) is 0 Å². The molecule has 6 nitrogen and oxygen atoms in total. The number of sulfonamides is 1. The number of benzene rings is 1. The van der Waals surface area contributed by atoms with Crippen LogP contribution in [0.25, 0.3) is 10.9 Å². The molecule has 0 saturated carbocycles. The number of H-pyrrole nitrogens is 1. The molecule has 0 amide bonds. The summed E-state index contributed by atoms with van der Waals surface area (Å²) >= 11 is 0. The summed E-state index contributed by atoms with van der Waals surface area (Å²) < 4.78 is 32.9. The Hall–Kier alpha value is -1.57. The van der Waals surface area contributed by atoms with Crippen molar-refractivity contribution in [1.82, 2.24) is 9.29 Å². The normalized spacial score (nSPS) is 24.5. The maximum atomic E-state index is 12.9. The van der Waals surface area contributed by atoms with Crippen LogP contribution < -0.4 is 5.73 Å². The van der Waals surface area contributed by atoms with Crippen LogP contribution in [0.3, 0.4) is 0 Å². The number of morpholine rings is 1. The van der Waals surface area contributed by atoms with E-state index in [9.17, 15) is 8.42 Å². The van der Waals surface area contributed by atoms with E-state index in [2.05, 4.69) is 4.98 Å². The van der Waals surface area contributed by atoms with Gasteiger partial charge in [-0.15, -0.1) is 0 Å². The molecule has 3 N–H and O–H groups in total. The van der Waals surface area contributed by atoms with Gasteiger partial charge in [-0.05, 0) is 32.0 Å². The van der Waals surface area contributed by atoms with Crippen LogP contribution in [0.5, 0.6) is 0 Å². The van der Waals surface area contributed by atoms with E-state index in [-0.39, 0.29) is 17.0 Å². The van der Waals surface area contributed by atoms with Gasteiger partial charge in [0.1, 0.15) is 4.90 Å². The second-order valence-corrected chi connectivity index (χ2v) is 7.38. The molecule has 0 bridgehead atoms. The molecule has 7 heteroatoms. The topological polar surface area (TPSA) is 88.4 Å². The Morgan fingerprint density at radius 1 is 1.38 bits per heavy atom. The van der Waals surface area contributed by atoms with Crippen LogP contribution in [0.4, 0.5) is 5.69 Å². The van der Waals surface area contributed by atoms with Crippen molar-refractivity contribution in [2.75, 3.05) is 18.9 Å². The summed E-state index contributed by atoms with van der Waals surface area (Å²) in [7, 11) is -3.58.